The number of hydrogen-bond acceptors (Lipinski definition) is 3. The number of rotatable bonds is 5. The van der Waals surface area contributed by atoms with Gasteiger partial charge in [0, 0.05) is 19.2 Å². The summed E-state index contributed by atoms with van der Waals surface area (Å²) in [5.41, 5.74) is 7.06. The molecule has 0 bridgehead atoms. The summed E-state index contributed by atoms with van der Waals surface area (Å²) < 4.78 is 19.1. The van der Waals surface area contributed by atoms with Crippen molar-refractivity contribution in [2.45, 2.75) is 13.0 Å². The number of aliphatic hydroxyl groups excluding tert-OH is 1. The molecule has 0 amide bonds. The molecule has 0 saturated heterocycles. The zero-order chi connectivity index (χ0) is 13.7. The zero-order valence-electron chi connectivity index (χ0n) is 10.5. The van der Waals surface area contributed by atoms with Crippen molar-refractivity contribution in [2.24, 2.45) is 5.73 Å². The van der Waals surface area contributed by atoms with Gasteiger partial charge in [-0.1, -0.05) is 18.2 Å². The molecule has 100 valence electrons. The standard InChI is InChI=1S/C15H16FNO2/c16-13-7-11(10-17)8-14(9-13)19-15-4-2-1-3-12(15)5-6-18/h1-4,7-9,18H,5-6,10,17H2. The summed E-state index contributed by atoms with van der Waals surface area (Å²) in [5, 5.41) is 9.00. The van der Waals surface area contributed by atoms with Crippen LogP contribution in [0.2, 0.25) is 0 Å². The molecule has 0 aliphatic carbocycles. The third-order valence-electron chi connectivity index (χ3n) is 2.75. The Balaban J connectivity index is 2.28. The summed E-state index contributed by atoms with van der Waals surface area (Å²) in [4.78, 5) is 0. The summed E-state index contributed by atoms with van der Waals surface area (Å²) in [6.07, 6.45) is 0.495. The molecule has 0 spiro atoms. The number of aliphatic hydroxyl groups is 1. The molecule has 2 aromatic carbocycles. The van der Waals surface area contributed by atoms with E-state index in [1.54, 1.807) is 12.1 Å². The maximum absolute atomic E-state index is 13.4. The third kappa shape index (κ3) is 3.53. The van der Waals surface area contributed by atoms with Gasteiger partial charge in [0.15, 0.2) is 0 Å². The van der Waals surface area contributed by atoms with Crippen LogP contribution < -0.4 is 10.5 Å². The number of halogens is 1. The summed E-state index contributed by atoms with van der Waals surface area (Å²) in [7, 11) is 0. The van der Waals surface area contributed by atoms with E-state index in [4.69, 9.17) is 15.6 Å². The van der Waals surface area contributed by atoms with E-state index in [2.05, 4.69) is 0 Å². The fraction of sp³-hybridized carbons (Fsp3) is 0.200. The number of nitrogens with two attached hydrogens (primary N) is 1. The molecule has 0 aromatic heterocycles. The van der Waals surface area contributed by atoms with Gasteiger partial charge in [0.05, 0.1) is 0 Å². The predicted molar refractivity (Wildman–Crippen MR) is 71.6 cm³/mol. The topological polar surface area (TPSA) is 55.5 Å². The third-order valence-corrected chi connectivity index (χ3v) is 2.75. The Morgan fingerprint density at radius 1 is 1.16 bits per heavy atom. The lowest BCUT2D eigenvalue weighted by Gasteiger charge is -2.11. The summed E-state index contributed by atoms with van der Waals surface area (Å²) in [5.74, 6) is 0.647. The Hall–Kier alpha value is -1.91. The highest BCUT2D eigenvalue weighted by Gasteiger charge is 2.06. The van der Waals surface area contributed by atoms with Gasteiger partial charge in [0.2, 0.25) is 0 Å². The lowest BCUT2D eigenvalue weighted by atomic mass is 10.1. The van der Waals surface area contributed by atoms with Gasteiger partial charge in [-0.25, -0.2) is 4.39 Å². The number of ether oxygens (including phenoxy) is 1. The van der Waals surface area contributed by atoms with Crippen molar-refractivity contribution < 1.29 is 14.2 Å². The van der Waals surface area contributed by atoms with Crippen molar-refractivity contribution in [3.8, 4) is 11.5 Å². The molecule has 3 N–H and O–H groups in total. The summed E-state index contributed by atoms with van der Waals surface area (Å²) in [6.45, 7) is 0.296. The second-order valence-electron chi connectivity index (χ2n) is 4.18. The first-order chi connectivity index (χ1) is 9.22. The highest BCUT2D eigenvalue weighted by Crippen LogP contribution is 2.27. The first kappa shape index (κ1) is 13.5. The van der Waals surface area contributed by atoms with E-state index in [1.807, 2.05) is 18.2 Å². The molecule has 0 aliphatic rings. The SMILES string of the molecule is NCc1cc(F)cc(Oc2ccccc2CCO)c1. The molecule has 2 aromatic rings. The van der Waals surface area contributed by atoms with Crippen LogP contribution in [0.5, 0.6) is 11.5 Å². The number of para-hydroxylation sites is 1. The van der Waals surface area contributed by atoms with Crippen molar-refractivity contribution in [3.63, 3.8) is 0 Å². The molecular formula is C15H16FNO2. The Kier molecular flexibility index (Phi) is 4.49. The van der Waals surface area contributed by atoms with Gasteiger partial charge in [-0.3, -0.25) is 0 Å². The van der Waals surface area contributed by atoms with Crippen molar-refractivity contribution in [2.75, 3.05) is 6.61 Å². The summed E-state index contributed by atoms with van der Waals surface area (Å²) in [6, 6.07) is 11.8. The minimum absolute atomic E-state index is 0.0393. The molecule has 0 unspecified atom stereocenters. The van der Waals surface area contributed by atoms with Crippen LogP contribution in [0.15, 0.2) is 42.5 Å². The quantitative estimate of drug-likeness (QED) is 0.869. The van der Waals surface area contributed by atoms with Crippen LogP contribution in [-0.4, -0.2) is 11.7 Å². The molecule has 4 heteroatoms. The van der Waals surface area contributed by atoms with Crippen LogP contribution in [0.3, 0.4) is 0 Å². The molecule has 0 saturated carbocycles. The maximum Gasteiger partial charge on any atom is 0.130 e. The average Bonchev–Trinajstić information content (AvgIpc) is 2.40. The van der Waals surface area contributed by atoms with E-state index in [-0.39, 0.29) is 19.0 Å². The molecule has 2 rings (SSSR count). The molecule has 0 atom stereocenters. The minimum atomic E-state index is -0.377. The van der Waals surface area contributed by atoms with Crippen LogP contribution in [0.1, 0.15) is 11.1 Å². The van der Waals surface area contributed by atoms with Gasteiger partial charge in [-0.15, -0.1) is 0 Å². The van der Waals surface area contributed by atoms with E-state index in [0.717, 1.165) is 5.56 Å². The molecular weight excluding hydrogens is 245 g/mol. The predicted octanol–water partition coefficient (Wildman–Crippen LogP) is 2.61. The smallest absolute Gasteiger partial charge is 0.130 e. The van der Waals surface area contributed by atoms with E-state index < -0.39 is 0 Å². The van der Waals surface area contributed by atoms with E-state index >= 15 is 0 Å². The maximum atomic E-state index is 13.4. The molecule has 0 fully saturated rings. The van der Waals surface area contributed by atoms with Crippen molar-refractivity contribution in [1.82, 2.24) is 0 Å². The van der Waals surface area contributed by atoms with Gasteiger partial charge in [-0.2, -0.15) is 0 Å². The Morgan fingerprint density at radius 3 is 2.68 bits per heavy atom. The van der Waals surface area contributed by atoms with E-state index in [0.29, 0.717) is 23.5 Å². The first-order valence-corrected chi connectivity index (χ1v) is 6.09. The molecule has 0 aliphatic heterocycles. The minimum Gasteiger partial charge on any atom is -0.457 e. The van der Waals surface area contributed by atoms with Crippen LogP contribution in [0.4, 0.5) is 4.39 Å². The van der Waals surface area contributed by atoms with Gasteiger partial charge < -0.3 is 15.6 Å². The Labute approximate surface area is 111 Å². The van der Waals surface area contributed by atoms with Crippen LogP contribution in [0, 0.1) is 5.82 Å². The average molecular weight is 261 g/mol. The van der Waals surface area contributed by atoms with Gasteiger partial charge in [0.1, 0.15) is 17.3 Å². The normalized spacial score (nSPS) is 10.5. The van der Waals surface area contributed by atoms with Gasteiger partial charge >= 0.3 is 0 Å². The van der Waals surface area contributed by atoms with Gasteiger partial charge in [-0.05, 0) is 35.7 Å². The van der Waals surface area contributed by atoms with E-state index in [1.165, 1.54) is 12.1 Å². The van der Waals surface area contributed by atoms with E-state index in [9.17, 15) is 4.39 Å². The van der Waals surface area contributed by atoms with Crippen molar-refractivity contribution in [1.29, 1.82) is 0 Å². The largest absolute Gasteiger partial charge is 0.457 e. The van der Waals surface area contributed by atoms with Crippen molar-refractivity contribution >= 4 is 0 Å². The molecule has 19 heavy (non-hydrogen) atoms. The fourth-order valence-electron chi connectivity index (χ4n) is 1.85. The second-order valence-corrected chi connectivity index (χ2v) is 4.18. The zero-order valence-corrected chi connectivity index (χ0v) is 10.5. The second kappa shape index (κ2) is 6.31. The van der Waals surface area contributed by atoms with Gasteiger partial charge in [0.25, 0.3) is 0 Å². The molecule has 3 nitrogen and oxygen atoms in total. The number of hydrogen-bond donors (Lipinski definition) is 2. The Morgan fingerprint density at radius 2 is 1.95 bits per heavy atom. The van der Waals surface area contributed by atoms with Crippen LogP contribution in [0.25, 0.3) is 0 Å². The summed E-state index contributed by atoms with van der Waals surface area (Å²) >= 11 is 0. The van der Waals surface area contributed by atoms with Crippen molar-refractivity contribution in [3.05, 3.63) is 59.4 Å². The van der Waals surface area contributed by atoms with Crippen LogP contribution in [-0.2, 0) is 13.0 Å². The first-order valence-electron chi connectivity index (χ1n) is 6.09. The highest BCUT2D eigenvalue weighted by atomic mass is 19.1. The highest BCUT2D eigenvalue weighted by molar-refractivity contribution is 5.39. The Bertz CT molecular complexity index is 558. The monoisotopic (exact) mass is 261 g/mol. The fourth-order valence-corrected chi connectivity index (χ4v) is 1.85. The lowest BCUT2D eigenvalue weighted by Crippen LogP contribution is -1.99. The van der Waals surface area contributed by atoms with Crippen LogP contribution >= 0.6 is 0 Å². The lowest BCUT2D eigenvalue weighted by molar-refractivity contribution is 0.298. The molecule has 0 heterocycles. The molecule has 0 radical (unpaired) electrons. The number of benzene rings is 2.